The van der Waals surface area contributed by atoms with E-state index in [2.05, 4.69) is 5.32 Å². The third-order valence-corrected chi connectivity index (χ3v) is 5.11. The first-order valence-corrected chi connectivity index (χ1v) is 10.1. The molecule has 2 aromatic rings. The molecule has 0 spiro atoms. The lowest BCUT2D eigenvalue weighted by Crippen LogP contribution is -2.40. The lowest BCUT2D eigenvalue weighted by atomic mass is 10.1. The zero-order valence-corrected chi connectivity index (χ0v) is 17.5. The average molecular weight is 430 g/mol. The smallest absolute Gasteiger partial charge is 0.321 e. The maximum Gasteiger partial charge on any atom is 0.321 e. The van der Waals surface area contributed by atoms with E-state index in [-0.39, 0.29) is 24.3 Å². The zero-order valence-electron chi connectivity index (χ0n) is 16.8. The molecule has 3 rings (SSSR count). The van der Waals surface area contributed by atoms with Crippen LogP contribution in [0.15, 0.2) is 48.5 Å². The van der Waals surface area contributed by atoms with Crippen LogP contribution in [0.4, 0.5) is 10.5 Å². The van der Waals surface area contributed by atoms with Gasteiger partial charge in [0, 0.05) is 42.5 Å². The summed E-state index contributed by atoms with van der Waals surface area (Å²) >= 11 is 5.86. The summed E-state index contributed by atoms with van der Waals surface area (Å²) in [4.78, 5) is 39.7. The van der Waals surface area contributed by atoms with E-state index in [0.717, 1.165) is 0 Å². The highest BCUT2D eigenvalue weighted by Gasteiger charge is 2.22. The first-order chi connectivity index (χ1) is 14.4. The van der Waals surface area contributed by atoms with Crippen molar-refractivity contribution in [1.82, 2.24) is 9.80 Å². The van der Waals surface area contributed by atoms with Gasteiger partial charge in [-0.25, -0.2) is 4.79 Å². The van der Waals surface area contributed by atoms with Gasteiger partial charge in [0.1, 0.15) is 5.75 Å². The normalized spacial score (nSPS) is 14.1. The van der Waals surface area contributed by atoms with Crippen LogP contribution in [0.2, 0.25) is 5.02 Å². The van der Waals surface area contributed by atoms with Gasteiger partial charge >= 0.3 is 6.03 Å². The summed E-state index contributed by atoms with van der Waals surface area (Å²) in [5.74, 6) is 0.379. The summed E-state index contributed by atoms with van der Waals surface area (Å²) in [5, 5.41) is 3.45. The molecular weight excluding hydrogens is 406 g/mol. The van der Waals surface area contributed by atoms with Crippen molar-refractivity contribution in [1.29, 1.82) is 0 Å². The number of ether oxygens (including phenoxy) is 1. The van der Waals surface area contributed by atoms with Gasteiger partial charge < -0.3 is 19.9 Å². The van der Waals surface area contributed by atoms with Crippen molar-refractivity contribution in [3.05, 3.63) is 59.1 Å². The minimum atomic E-state index is -0.201. The summed E-state index contributed by atoms with van der Waals surface area (Å²) in [6.07, 6.45) is 0.688. The fraction of sp³-hybridized carbons (Fsp3) is 0.318. The number of rotatable bonds is 5. The van der Waals surface area contributed by atoms with E-state index in [9.17, 15) is 14.4 Å². The molecule has 1 aliphatic heterocycles. The van der Waals surface area contributed by atoms with Gasteiger partial charge in [0.25, 0.3) is 5.91 Å². The van der Waals surface area contributed by atoms with Crippen molar-refractivity contribution >= 4 is 35.0 Å². The molecule has 0 aromatic heterocycles. The fourth-order valence-electron chi connectivity index (χ4n) is 3.13. The van der Waals surface area contributed by atoms with Crippen LogP contribution in [-0.2, 0) is 4.79 Å². The van der Waals surface area contributed by atoms with Gasteiger partial charge in [0.15, 0.2) is 12.4 Å². The van der Waals surface area contributed by atoms with Crippen molar-refractivity contribution in [2.75, 3.05) is 38.1 Å². The molecule has 1 saturated heterocycles. The molecule has 8 heteroatoms. The lowest BCUT2D eigenvalue weighted by Gasteiger charge is -2.22. The Morgan fingerprint density at radius 1 is 0.933 bits per heavy atom. The van der Waals surface area contributed by atoms with E-state index in [1.807, 2.05) is 0 Å². The van der Waals surface area contributed by atoms with Crippen LogP contribution in [-0.4, -0.2) is 60.3 Å². The number of nitrogens with zero attached hydrogens (tertiary/aromatic N) is 2. The Morgan fingerprint density at radius 2 is 1.57 bits per heavy atom. The molecule has 0 atom stereocenters. The molecular formula is C22H24ClN3O4. The summed E-state index contributed by atoms with van der Waals surface area (Å²) in [5.41, 5.74) is 1.27. The number of nitrogens with one attached hydrogen (secondary N) is 1. The molecule has 3 amide bonds. The molecule has 1 aliphatic rings. The van der Waals surface area contributed by atoms with E-state index < -0.39 is 0 Å². The molecule has 0 bridgehead atoms. The number of Topliss-reactive ketones (excluding diaryl/α,β-unsaturated/α-hetero) is 1. The first kappa shape index (κ1) is 21.6. The Morgan fingerprint density at radius 3 is 2.23 bits per heavy atom. The second-order valence-electron chi connectivity index (χ2n) is 7.03. The number of ketones is 1. The van der Waals surface area contributed by atoms with Gasteiger partial charge in [-0.2, -0.15) is 0 Å². The van der Waals surface area contributed by atoms with E-state index >= 15 is 0 Å². The topological polar surface area (TPSA) is 79.0 Å². The van der Waals surface area contributed by atoms with Crippen molar-refractivity contribution in [2.24, 2.45) is 0 Å². The monoisotopic (exact) mass is 429 g/mol. The van der Waals surface area contributed by atoms with Crippen LogP contribution in [0.25, 0.3) is 0 Å². The standard InChI is InChI=1S/C22H24ClN3O4/c1-16(27)17-3-9-20(10-4-17)30-15-21(28)25-11-2-12-26(14-13-25)22(29)24-19-7-5-18(23)6-8-19/h3-10H,2,11-15H2,1H3,(H,24,29). The maximum atomic E-state index is 12.5. The second-order valence-corrected chi connectivity index (χ2v) is 7.46. The molecule has 1 heterocycles. The molecule has 0 saturated carbocycles. The molecule has 158 valence electrons. The summed E-state index contributed by atoms with van der Waals surface area (Å²) in [6, 6.07) is 13.4. The molecule has 0 aliphatic carbocycles. The fourth-order valence-corrected chi connectivity index (χ4v) is 3.25. The summed E-state index contributed by atoms with van der Waals surface area (Å²) in [6.45, 7) is 3.43. The van der Waals surface area contributed by atoms with Gasteiger partial charge in [0.2, 0.25) is 0 Å². The number of carbonyl (C=O) groups is 3. The first-order valence-electron chi connectivity index (χ1n) is 9.75. The Hall–Kier alpha value is -3.06. The number of hydrogen-bond acceptors (Lipinski definition) is 4. The van der Waals surface area contributed by atoms with Gasteiger partial charge in [-0.3, -0.25) is 9.59 Å². The number of carbonyl (C=O) groups excluding carboxylic acids is 3. The number of anilines is 1. The molecule has 2 aromatic carbocycles. The van der Waals surface area contributed by atoms with Gasteiger partial charge in [-0.1, -0.05) is 11.6 Å². The van der Waals surface area contributed by atoms with Crippen LogP contribution < -0.4 is 10.1 Å². The third kappa shape index (κ3) is 5.97. The van der Waals surface area contributed by atoms with Crippen molar-refractivity contribution in [3.8, 4) is 5.75 Å². The molecule has 0 radical (unpaired) electrons. The molecule has 1 N–H and O–H groups in total. The number of urea groups is 1. The lowest BCUT2D eigenvalue weighted by molar-refractivity contribution is -0.133. The Bertz CT molecular complexity index is 900. The van der Waals surface area contributed by atoms with Crippen LogP contribution in [0.3, 0.4) is 0 Å². The maximum absolute atomic E-state index is 12.5. The average Bonchev–Trinajstić information content (AvgIpc) is 3.00. The minimum Gasteiger partial charge on any atom is -0.484 e. The zero-order chi connectivity index (χ0) is 21.5. The Labute approximate surface area is 180 Å². The van der Waals surface area contributed by atoms with Crippen molar-refractivity contribution in [3.63, 3.8) is 0 Å². The summed E-state index contributed by atoms with van der Waals surface area (Å²) in [7, 11) is 0. The number of halogens is 1. The SMILES string of the molecule is CC(=O)c1ccc(OCC(=O)N2CCCN(C(=O)Nc3ccc(Cl)cc3)CC2)cc1. The van der Waals surface area contributed by atoms with Crippen LogP contribution in [0.1, 0.15) is 23.7 Å². The predicted octanol–water partition coefficient (Wildman–Crippen LogP) is 3.69. The van der Waals surface area contributed by atoms with E-state index in [4.69, 9.17) is 16.3 Å². The molecule has 7 nitrogen and oxygen atoms in total. The number of hydrogen-bond donors (Lipinski definition) is 1. The van der Waals surface area contributed by atoms with Crippen LogP contribution >= 0.6 is 11.6 Å². The molecule has 0 unspecified atom stereocenters. The highest BCUT2D eigenvalue weighted by molar-refractivity contribution is 6.30. The second kappa shape index (κ2) is 10.1. The largest absolute Gasteiger partial charge is 0.484 e. The highest BCUT2D eigenvalue weighted by atomic mass is 35.5. The quantitative estimate of drug-likeness (QED) is 0.735. The molecule has 1 fully saturated rings. The van der Waals surface area contributed by atoms with Crippen molar-refractivity contribution in [2.45, 2.75) is 13.3 Å². The minimum absolute atomic E-state index is 0.0214. The number of amides is 3. The van der Waals surface area contributed by atoms with Crippen LogP contribution in [0, 0.1) is 0 Å². The Kier molecular flexibility index (Phi) is 7.30. The molecule has 30 heavy (non-hydrogen) atoms. The Balaban J connectivity index is 1.47. The predicted molar refractivity (Wildman–Crippen MR) is 115 cm³/mol. The van der Waals surface area contributed by atoms with Crippen molar-refractivity contribution < 1.29 is 19.1 Å². The van der Waals surface area contributed by atoms with Gasteiger partial charge in [-0.05, 0) is 61.9 Å². The summed E-state index contributed by atoms with van der Waals surface area (Å²) < 4.78 is 5.55. The van der Waals surface area contributed by atoms with E-state index in [0.29, 0.717) is 54.6 Å². The van der Waals surface area contributed by atoms with Gasteiger partial charge in [-0.15, -0.1) is 0 Å². The van der Waals surface area contributed by atoms with E-state index in [1.165, 1.54) is 6.92 Å². The van der Waals surface area contributed by atoms with Gasteiger partial charge in [0.05, 0.1) is 0 Å². The van der Waals surface area contributed by atoms with E-state index in [1.54, 1.807) is 58.3 Å². The number of benzene rings is 2. The third-order valence-electron chi connectivity index (χ3n) is 4.85. The highest BCUT2D eigenvalue weighted by Crippen LogP contribution is 2.15. The van der Waals surface area contributed by atoms with Crippen LogP contribution in [0.5, 0.6) is 5.75 Å².